The minimum atomic E-state index is -0.337. The molecule has 0 aromatic heterocycles. The van der Waals surface area contributed by atoms with E-state index in [1.54, 1.807) is 7.11 Å². The lowest BCUT2D eigenvalue weighted by atomic mass is 9.77. The van der Waals surface area contributed by atoms with Gasteiger partial charge in [-0.25, -0.2) is 0 Å². The van der Waals surface area contributed by atoms with Crippen LogP contribution in [0.1, 0.15) is 50.0 Å². The maximum absolute atomic E-state index is 12.9. The number of amides is 1. The van der Waals surface area contributed by atoms with Gasteiger partial charge in [0.05, 0.1) is 12.0 Å². The van der Waals surface area contributed by atoms with Gasteiger partial charge >= 0.3 is 0 Å². The van der Waals surface area contributed by atoms with Crippen molar-refractivity contribution in [3.05, 3.63) is 35.9 Å². The number of methoxy groups -OCH3 is 1. The maximum Gasteiger partial charge on any atom is 0.228 e. The fourth-order valence-corrected chi connectivity index (χ4v) is 4.25. The normalized spacial score (nSPS) is 26.7. The molecule has 2 N–H and O–H groups in total. The summed E-state index contributed by atoms with van der Waals surface area (Å²) in [4.78, 5) is 12.9. The van der Waals surface area contributed by atoms with Crippen LogP contribution in [0, 0.1) is 5.41 Å². The Bertz CT molecular complexity index is 512. The summed E-state index contributed by atoms with van der Waals surface area (Å²) >= 11 is 0. The molecule has 1 amide bonds. The van der Waals surface area contributed by atoms with Crippen LogP contribution in [0.3, 0.4) is 0 Å². The second-order valence-electron chi connectivity index (χ2n) is 7.40. The van der Waals surface area contributed by atoms with E-state index in [0.717, 1.165) is 51.6 Å². The molecule has 3 rings (SSSR count). The van der Waals surface area contributed by atoms with Crippen molar-refractivity contribution in [2.75, 3.05) is 26.8 Å². The zero-order valence-electron chi connectivity index (χ0n) is 14.7. The van der Waals surface area contributed by atoms with E-state index in [-0.39, 0.29) is 11.3 Å². The van der Waals surface area contributed by atoms with Crippen molar-refractivity contribution in [2.45, 2.75) is 50.5 Å². The molecule has 1 aliphatic heterocycles. The van der Waals surface area contributed by atoms with E-state index in [1.807, 2.05) is 0 Å². The molecule has 2 aliphatic rings. The molecule has 4 nitrogen and oxygen atoms in total. The van der Waals surface area contributed by atoms with Crippen LogP contribution in [0.5, 0.6) is 0 Å². The van der Waals surface area contributed by atoms with E-state index >= 15 is 0 Å². The SMILES string of the molecule is COCC1(C(=O)NC2CCC(c3ccccc3)CC2)CCNCC1. The van der Waals surface area contributed by atoms with Crippen molar-refractivity contribution in [3.8, 4) is 0 Å². The Morgan fingerprint density at radius 1 is 1.17 bits per heavy atom. The van der Waals surface area contributed by atoms with Gasteiger partial charge in [-0.05, 0) is 63.1 Å². The molecule has 1 saturated heterocycles. The van der Waals surface area contributed by atoms with Crippen LogP contribution in [0.15, 0.2) is 30.3 Å². The van der Waals surface area contributed by atoms with Crippen molar-refractivity contribution >= 4 is 5.91 Å². The highest BCUT2D eigenvalue weighted by Crippen LogP contribution is 2.34. The maximum atomic E-state index is 12.9. The second-order valence-corrected chi connectivity index (χ2v) is 7.40. The molecule has 0 spiro atoms. The van der Waals surface area contributed by atoms with Crippen LogP contribution in [-0.4, -0.2) is 38.8 Å². The summed E-state index contributed by atoms with van der Waals surface area (Å²) in [5.41, 5.74) is 1.10. The number of hydrogen-bond acceptors (Lipinski definition) is 3. The van der Waals surface area contributed by atoms with Gasteiger partial charge < -0.3 is 15.4 Å². The van der Waals surface area contributed by atoms with Crippen LogP contribution < -0.4 is 10.6 Å². The Morgan fingerprint density at radius 2 is 1.83 bits per heavy atom. The van der Waals surface area contributed by atoms with E-state index in [2.05, 4.69) is 41.0 Å². The third-order valence-electron chi connectivity index (χ3n) is 5.80. The van der Waals surface area contributed by atoms with Gasteiger partial charge in [0, 0.05) is 13.2 Å². The summed E-state index contributed by atoms with van der Waals surface area (Å²) in [6.45, 7) is 2.33. The lowest BCUT2D eigenvalue weighted by Crippen LogP contribution is -2.52. The van der Waals surface area contributed by atoms with Crippen molar-refractivity contribution in [1.82, 2.24) is 10.6 Å². The van der Waals surface area contributed by atoms with Crippen molar-refractivity contribution < 1.29 is 9.53 Å². The molecule has 1 heterocycles. The van der Waals surface area contributed by atoms with Gasteiger partial charge in [0.15, 0.2) is 0 Å². The van der Waals surface area contributed by atoms with Gasteiger partial charge in [-0.2, -0.15) is 0 Å². The molecule has 0 bridgehead atoms. The van der Waals surface area contributed by atoms with E-state index in [0.29, 0.717) is 18.6 Å². The van der Waals surface area contributed by atoms with E-state index < -0.39 is 0 Å². The van der Waals surface area contributed by atoms with Crippen molar-refractivity contribution in [2.24, 2.45) is 5.41 Å². The van der Waals surface area contributed by atoms with E-state index in [9.17, 15) is 4.79 Å². The van der Waals surface area contributed by atoms with E-state index in [1.165, 1.54) is 5.56 Å². The van der Waals surface area contributed by atoms with Crippen LogP contribution in [-0.2, 0) is 9.53 Å². The highest BCUT2D eigenvalue weighted by molar-refractivity contribution is 5.83. The molecule has 1 aromatic rings. The number of rotatable bonds is 5. The zero-order chi connectivity index (χ0) is 16.8. The molecular weight excluding hydrogens is 300 g/mol. The molecule has 4 heteroatoms. The number of carbonyl (C=O) groups is 1. The topological polar surface area (TPSA) is 50.4 Å². The summed E-state index contributed by atoms with van der Waals surface area (Å²) < 4.78 is 5.38. The number of ether oxygens (including phenoxy) is 1. The first-order chi connectivity index (χ1) is 11.7. The summed E-state index contributed by atoms with van der Waals surface area (Å²) in [5, 5.41) is 6.68. The molecular formula is C20H30N2O2. The third kappa shape index (κ3) is 3.98. The molecule has 132 valence electrons. The Labute approximate surface area is 145 Å². The molecule has 24 heavy (non-hydrogen) atoms. The average molecular weight is 330 g/mol. The minimum absolute atomic E-state index is 0.203. The highest BCUT2D eigenvalue weighted by atomic mass is 16.5. The Morgan fingerprint density at radius 3 is 2.46 bits per heavy atom. The first-order valence-corrected chi connectivity index (χ1v) is 9.29. The number of hydrogen-bond donors (Lipinski definition) is 2. The minimum Gasteiger partial charge on any atom is -0.384 e. The summed E-state index contributed by atoms with van der Waals surface area (Å²) in [6.07, 6.45) is 6.21. The number of benzene rings is 1. The fourth-order valence-electron chi connectivity index (χ4n) is 4.25. The van der Waals surface area contributed by atoms with Gasteiger partial charge in [0.25, 0.3) is 0 Å². The van der Waals surface area contributed by atoms with Crippen LogP contribution in [0.2, 0.25) is 0 Å². The lowest BCUT2D eigenvalue weighted by Gasteiger charge is -2.38. The first kappa shape index (κ1) is 17.4. The van der Waals surface area contributed by atoms with Crippen molar-refractivity contribution in [3.63, 3.8) is 0 Å². The Kier molecular flexibility index (Phi) is 5.90. The van der Waals surface area contributed by atoms with Crippen molar-refractivity contribution in [1.29, 1.82) is 0 Å². The predicted octanol–water partition coefficient (Wildman–Crippen LogP) is 2.85. The summed E-state index contributed by atoms with van der Waals surface area (Å²) in [7, 11) is 1.70. The Balaban J connectivity index is 1.54. The molecule has 2 fully saturated rings. The van der Waals surface area contributed by atoms with Gasteiger partial charge in [-0.3, -0.25) is 4.79 Å². The zero-order valence-corrected chi connectivity index (χ0v) is 14.7. The third-order valence-corrected chi connectivity index (χ3v) is 5.80. The van der Waals surface area contributed by atoms with Gasteiger partial charge in [-0.15, -0.1) is 0 Å². The molecule has 0 atom stereocenters. The second kappa shape index (κ2) is 8.13. The lowest BCUT2D eigenvalue weighted by molar-refractivity contribution is -0.137. The van der Waals surface area contributed by atoms with E-state index in [4.69, 9.17) is 4.74 Å². The highest BCUT2D eigenvalue weighted by Gasteiger charge is 2.40. The summed E-state index contributed by atoms with van der Waals surface area (Å²) in [6, 6.07) is 11.1. The molecule has 0 radical (unpaired) electrons. The number of carbonyl (C=O) groups excluding carboxylic acids is 1. The quantitative estimate of drug-likeness (QED) is 0.873. The Hall–Kier alpha value is -1.39. The van der Waals surface area contributed by atoms with Gasteiger partial charge in [0.1, 0.15) is 0 Å². The van der Waals surface area contributed by atoms with Crippen LogP contribution in [0.25, 0.3) is 0 Å². The average Bonchev–Trinajstić information content (AvgIpc) is 2.64. The smallest absolute Gasteiger partial charge is 0.228 e. The predicted molar refractivity (Wildman–Crippen MR) is 96.0 cm³/mol. The summed E-state index contributed by atoms with van der Waals surface area (Å²) in [5.74, 6) is 0.847. The van der Waals surface area contributed by atoms with Gasteiger partial charge in [-0.1, -0.05) is 30.3 Å². The van der Waals surface area contributed by atoms with Gasteiger partial charge in [0.2, 0.25) is 5.91 Å². The first-order valence-electron chi connectivity index (χ1n) is 9.29. The number of nitrogens with one attached hydrogen (secondary N) is 2. The molecule has 1 aliphatic carbocycles. The monoisotopic (exact) mass is 330 g/mol. The van der Waals surface area contributed by atoms with Crippen LogP contribution >= 0.6 is 0 Å². The number of piperidine rings is 1. The molecule has 1 aromatic carbocycles. The molecule has 1 saturated carbocycles. The standard InChI is InChI=1S/C20H30N2O2/c1-24-15-20(11-13-21-14-12-20)19(23)22-18-9-7-17(8-10-18)16-5-3-2-4-6-16/h2-6,17-18,21H,7-15H2,1H3,(H,22,23). The van der Waals surface area contributed by atoms with Crippen LogP contribution in [0.4, 0.5) is 0 Å². The largest absolute Gasteiger partial charge is 0.384 e. The fraction of sp³-hybridized carbons (Fsp3) is 0.650. The molecule has 0 unspecified atom stereocenters.